The van der Waals surface area contributed by atoms with Gasteiger partial charge < -0.3 is 10.4 Å². The van der Waals surface area contributed by atoms with E-state index in [2.05, 4.69) is 26.2 Å². The molecule has 1 amide bonds. The molecule has 0 atom stereocenters. The van der Waals surface area contributed by atoms with Gasteiger partial charge in [0.05, 0.1) is 0 Å². The zero-order valence-electron chi connectivity index (χ0n) is 9.93. The normalized spacial score (nSPS) is 10.1. The molecular formula is C13H8BrFN2O3. The Bertz CT molecular complexity index is 671. The summed E-state index contributed by atoms with van der Waals surface area (Å²) in [7, 11) is 0. The maximum absolute atomic E-state index is 13.2. The number of benzene rings is 1. The molecule has 0 unspecified atom stereocenters. The van der Waals surface area contributed by atoms with E-state index in [0.717, 1.165) is 6.07 Å². The Kier molecular flexibility index (Phi) is 4.09. The van der Waals surface area contributed by atoms with Crippen LogP contribution >= 0.6 is 15.9 Å². The van der Waals surface area contributed by atoms with Gasteiger partial charge >= 0.3 is 5.97 Å². The largest absolute Gasteiger partial charge is 0.477 e. The molecule has 0 saturated carbocycles. The number of rotatable bonds is 3. The number of anilines is 1. The van der Waals surface area contributed by atoms with E-state index in [1.807, 2.05) is 0 Å². The molecule has 5 nitrogen and oxygen atoms in total. The molecule has 7 heteroatoms. The third-order valence-electron chi connectivity index (χ3n) is 2.33. The minimum absolute atomic E-state index is 0.0790. The zero-order chi connectivity index (χ0) is 14.7. The van der Waals surface area contributed by atoms with Crippen LogP contribution in [0.2, 0.25) is 0 Å². The van der Waals surface area contributed by atoms with Crippen molar-refractivity contribution in [2.75, 3.05) is 5.32 Å². The number of hydrogen-bond donors (Lipinski definition) is 2. The standard InChI is InChI=1S/C13H8BrFN2O3/c14-8-4-7(5-9(15)6-8)12(18)17-11-3-1-2-10(16-11)13(19)20/h1-6H,(H,19,20)(H,16,17,18). The lowest BCUT2D eigenvalue weighted by molar-refractivity contribution is 0.0690. The Hall–Kier alpha value is -2.28. The molecular weight excluding hydrogens is 331 g/mol. The summed E-state index contributed by atoms with van der Waals surface area (Å²) < 4.78 is 13.6. The summed E-state index contributed by atoms with van der Waals surface area (Å²) >= 11 is 3.08. The van der Waals surface area contributed by atoms with Gasteiger partial charge in [-0.15, -0.1) is 0 Å². The number of carboxylic acid groups (broad SMARTS) is 1. The van der Waals surface area contributed by atoms with Crippen LogP contribution in [-0.2, 0) is 0 Å². The second kappa shape index (κ2) is 5.79. The lowest BCUT2D eigenvalue weighted by Gasteiger charge is -2.05. The van der Waals surface area contributed by atoms with Gasteiger partial charge in [-0.1, -0.05) is 22.0 Å². The van der Waals surface area contributed by atoms with Crippen molar-refractivity contribution in [2.45, 2.75) is 0 Å². The minimum atomic E-state index is -1.20. The number of aromatic nitrogens is 1. The Balaban J connectivity index is 2.23. The summed E-state index contributed by atoms with van der Waals surface area (Å²) in [6.07, 6.45) is 0. The Morgan fingerprint density at radius 3 is 2.65 bits per heavy atom. The molecule has 0 radical (unpaired) electrons. The zero-order valence-corrected chi connectivity index (χ0v) is 11.5. The molecule has 1 heterocycles. The average Bonchev–Trinajstić information content (AvgIpc) is 2.37. The number of aromatic carboxylic acids is 1. The van der Waals surface area contributed by atoms with Crippen LogP contribution in [0.4, 0.5) is 10.2 Å². The Morgan fingerprint density at radius 1 is 1.25 bits per heavy atom. The molecule has 0 aliphatic rings. The number of hydrogen-bond acceptors (Lipinski definition) is 3. The van der Waals surface area contributed by atoms with Gasteiger partial charge in [0.15, 0.2) is 5.69 Å². The van der Waals surface area contributed by atoms with Crippen LogP contribution < -0.4 is 5.32 Å². The van der Waals surface area contributed by atoms with Gasteiger partial charge in [0, 0.05) is 10.0 Å². The first-order valence-electron chi connectivity index (χ1n) is 5.43. The molecule has 0 aliphatic heterocycles. The minimum Gasteiger partial charge on any atom is -0.477 e. The van der Waals surface area contributed by atoms with Crippen molar-refractivity contribution >= 4 is 33.6 Å². The number of carbonyl (C=O) groups is 2. The monoisotopic (exact) mass is 338 g/mol. The van der Waals surface area contributed by atoms with Gasteiger partial charge in [0.2, 0.25) is 0 Å². The summed E-state index contributed by atoms with van der Waals surface area (Å²) in [5.74, 6) is -2.26. The van der Waals surface area contributed by atoms with Crippen molar-refractivity contribution in [3.63, 3.8) is 0 Å². The van der Waals surface area contributed by atoms with E-state index in [-0.39, 0.29) is 17.1 Å². The Morgan fingerprint density at radius 2 is 2.00 bits per heavy atom. The second-order valence-electron chi connectivity index (χ2n) is 3.83. The van der Waals surface area contributed by atoms with Gasteiger partial charge in [-0.2, -0.15) is 0 Å². The van der Waals surface area contributed by atoms with Crippen LogP contribution in [0, 0.1) is 5.82 Å². The van der Waals surface area contributed by atoms with Gasteiger partial charge in [0.25, 0.3) is 5.91 Å². The fourth-order valence-electron chi connectivity index (χ4n) is 1.50. The van der Waals surface area contributed by atoms with Gasteiger partial charge in [0.1, 0.15) is 11.6 Å². The summed E-state index contributed by atoms with van der Waals surface area (Å²) in [6.45, 7) is 0. The molecule has 2 rings (SSSR count). The molecule has 0 saturated heterocycles. The molecule has 1 aromatic heterocycles. The molecule has 0 aliphatic carbocycles. The van der Waals surface area contributed by atoms with E-state index in [9.17, 15) is 14.0 Å². The van der Waals surface area contributed by atoms with Crippen molar-refractivity contribution < 1.29 is 19.1 Å². The number of carboxylic acids is 1. The lowest BCUT2D eigenvalue weighted by Crippen LogP contribution is -2.14. The van der Waals surface area contributed by atoms with E-state index in [0.29, 0.717) is 4.47 Å². The lowest BCUT2D eigenvalue weighted by atomic mass is 10.2. The number of halogens is 2. The molecule has 1 aromatic carbocycles. The van der Waals surface area contributed by atoms with E-state index in [4.69, 9.17) is 5.11 Å². The van der Waals surface area contributed by atoms with E-state index in [1.54, 1.807) is 0 Å². The molecule has 2 aromatic rings. The second-order valence-corrected chi connectivity index (χ2v) is 4.74. The third-order valence-corrected chi connectivity index (χ3v) is 2.79. The van der Waals surface area contributed by atoms with Crippen molar-refractivity contribution in [1.29, 1.82) is 0 Å². The van der Waals surface area contributed by atoms with Gasteiger partial charge in [-0.25, -0.2) is 14.2 Å². The van der Waals surface area contributed by atoms with Crippen LogP contribution in [0.15, 0.2) is 40.9 Å². The molecule has 0 fully saturated rings. The summed E-state index contributed by atoms with van der Waals surface area (Å²) in [5.41, 5.74) is -0.0948. The fraction of sp³-hybridized carbons (Fsp3) is 0. The SMILES string of the molecule is O=C(Nc1cccc(C(=O)O)n1)c1cc(F)cc(Br)c1. The quantitative estimate of drug-likeness (QED) is 0.901. The van der Waals surface area contributed by atoms with Crippen molar-refractivity contribution in [3.05, 3.63) is 57.9 Å². The van der Waals surface area contributed by atoms with E-state index < -0.39 is 17.7 Å². The van der Waals surface area contributed by atoms with Crippen LogP contribution in [0.25, 0.3) is 0 Å². The number of amides is 1. The van der Waals surface area contributed by atoms with Crippen molar-refractivity contribution in [2.24, 2.45) is 0 Å². The number of nitrogens with one attached hydrogen (secondary N) is 1. The van der Waals surface area contributed by atoms with Crippen LogP contribution in [0.3, 0.4) is 0 Å². The molecule has 102 valence electrons. The van der Waals surface area contributed by atoms with Crippen molar-refractivity contribution in [1.82, 2.24) is 4.98 Å². The highest BCUT2D eigenvalue weighted by Gasteiger charge is 2.11. The third kappa shape index (κ3) is 3.39. The van der Waals surface area contributed by atoms with Gasteiger partial charge in [-0.3, -0.25) is 4.79 Å². The van der Waals surface area contributed by atoms with E-state index >= 15 is 0 Å². The predicted molar refractivity (Wildman–Crippen MR) is 73.2 cm³/mol. The molecule has 0 spiro atoms. The van der Waals surface area contributed by atoms with E-state index in [1.165, 1.54) is 30.3 Å². The summed E-state index contributed by atoms with van der Waals surface area (Å²) in [5, 5.41) is 11.2. The first-order valence-corrected chi connectivity index (χ1v) is 6.23. The first kappa shape index (κ1) is 14.1. The highest BCUT2D eigenvalue weighted by Crippen LogP contribution is 2.16. The average molecular weight is 339 g/mol. The molecule has 20 heavy (non-hydrogen) atoms. The number of nitrogens with zero attached hydrogens (tertiary/aromatic N) is 1. The summed E-state index contributed by atoms with van der Waals surface area (Å²) in [6, 6.07) is 7.93. The molecule has 0 bridgehead atoms. The summed E-state index contributed by atoms with van der Waals surface area (Å²) in [4.78, 5) is 26.4. The Labute approximate surface area is 121 Å². The van der Waals surface area contributed by atoms with Gasteiger partial charge in [-0.05, 0) is 30.3 Å². The highest BCUT2D eigenvalue weighted by molar-refractivity contribution is 9.10. The van der Waals surface area contributed by atoms with Crippen LogP contribution in [0.5, 0.6) is 0 Å². The number of pyridine rings is 1. The maximum Gasteiger partial charge on any atom is 0.354 e. The van der Waals surface area contributed by atoms with Crippen molar-refractivity contribution in [3.8, 4) is 0 Å². The smallest absolute Gasteiger partial charge is 0.354 e. The van der Waals surface area contributed by atoms with Crippen LogP contribution in [0.1, 0.15) is 20.8 Å². The molecule has 2 N–H and O–H groups in total. The van der Waals surface area contributed by atoms with Crippen LogP contribution in [-0.4, -0.2) is 22.0 Å². The maximum atomic E-state index is 13.2. The first-order chi connectivity index (χ1) is 9.45. The number of carbonyl (C=O) groups excluding carboxylic acids is 1. The fourth-order valence-corrected chi connectivity index (χ4v) is 1.96. The topological polar surface area (TPSA) is 79.3 Å². The predicted octanol–water partition coefficient (Wildman–Crippen LogP) is 2.93. The highest BCUT2D eigenvalue weighted by atomic mass is 79.9.